The van der Waals surface area contributed by atoms with E-state index in [0.29, 0.717) is 0 Å². The number of nitrogens with two attached hydrogens (primary N) is 1. The van der Waals surface area contributed by atoms with Gasteiger partial charge >= 0.3 is 5.69 Å². The first kappa shape index (κ1) is 15.1. The molecule has 0 radical (unpaired) electrons. The van der Waals surface area contributed by atoms with Crippen LogP contribution in [0.3, 0.4) is 0 Å². The van der Waals surface area contributed by atoms with Crippen molar-refractivity contribution in [3.8, 4) is 0 Å². The predicted molar refractivity (Wildman–Crippen MR) is 61.0 cm³/mol. The smallest absolute Gasteiger partial charge is 0.351 e. The van der Waals surface area contributed by atoms with Gasteiger partial charge in [0.2, 0.25) is 0 Å². The van der Waals surface area contributed by atoms with Gasteiger partial charge in [0, 0.05) is 12.6 Å². The SMILES string of the molecule is Nc1ccn([C@H]2C[C@@H](OP(=O)([O-])[O-])[C@@H](CO)O2)c(=O)n1. The maximum atomic E-state index is 11.6. The number of nitrogen functional groups attached to an aromatic ring is 1. The number of rotatable bonds is 4. The zero-order chi connectivity index (χ0) is 14.9. The monoisotopic (exact) mass is 305 g/mol. The van der Waals surface area contributed by atoms with Crippen molar-refractivity contribution in [2.75, 3.05) is 12.3 Å². The van der Waals surface area contributed by atoms with Crippen molar-refractivity contribution in [1.29, 1.82) is 0 Å². The van der Waals surface area contributed by atoms with Gasteiger partial charge in [0.25, 0.3) is 0 Å². The number of ether oxygens (including phenoxy) is 1. The Morgan fingerprint density at radius 2 is 2.35 bits per heavy atom. The molecular formula is C9H12N3O7P-2. The summed E-state index contributed by atoms with van der Waals surface area (Å²) in [5.74, 6) is 0.0272. The van der Waals surface area contributed by atoms with Crippen LogP contribution in [0.5, 0.6) is 0 Å². The third-order valence-corrected chi connectivity index (χ3v) is 3.32. The van der Waals surface area contributed by atoms with Crippen molar-refractivity contribution in [2.24, 2.45) is 0 Å². The number of aliphatic hydroxyl groups excluding tert-OH is 1. The third-order valence-electron chi connectivity index (χ3n) is 2.79. The van der Waals surface area contributed by atoms with Crippen LogP contribution in [0.1, 0.15) is 12.6 Å². The van der Waals surface area contributed by atoms with E-state index in [0.717, 1.165) is 4.57 Å². The van der Waals surface area contributed by atoms with Crippen LogP contribution >= 0.6 is 7.82 Å². The fraction of sp³-hybridized carbons (Fsp3) is 0.556. The minimum atomic E-state index is -5.22. The number of nitrogens with zero attached hydrogens (tertiary/aromatic N) is 2. The molecule has 11 heteroatoms. The van der Waals surface area contributed by atoms with Crippen LogP contribution < -0.4 is 21.2 Å². The Hall–Kier alpha value is -1.29. The number of hydrogen-bond donors (Lipinski definition) is 2. The molecule has 1 aliphatic heterocycles. The van der Waals surface area contributed by atoms with Crippen LogP contribution in [-0.2, 0) is 13.8 Å². The summed E-state index contributed by atoms with van der Waals surface area (Å²) in [6.07, 6.45) is -1.86. The minimum absolute atomic E-state index is 0.0272. The van der Waals surface area contributed by atoms with E-state index in [-0.39, 0.29) is 12.2 Å². The molecular weight excluding hydrogens is 293 g/mol. The fourth-order valence-corrected chi connectivity index (χ4v) is 2.51. The lowest BCUT2D eigenvalue weighted by atomic mass is 10.2. The second kappa shape index (κ2) is 5.60. The van der Waals surface area contributed by atoms with E-state index in [1.165, 1.54) is 12.3 Å². The normalized spacial score (nSPS) is 26.9. The van der Waals surface area contributed by atoms with Crippen molar-refractivity contribution in [3.63, 3.8) is 0 Å². The highest BCUT2D eigenvalue weighted by Crippen LogP contribution is 2.37. The summed E-state index contributed by atoms with van der Waals surface area (Å²) in [6.45, 7) is -0.557. The molecule has 0 spiro atoms. The van der Waals surface area contributed by atoms with E-state index in [9.17, 15) is 19.1 Å². The van der Waals surface area contributed by atoms with Gasteiger partial charge in [-0.2, -0.15) is 4.98 Å². The van der Waals surface area contributed by atoms with E-state index in [2.05, 4.69) is 9.51 Å². The number of phosphoric acid groups is 1. The minimum Gasteiger partial charge on any atom is -0.790 e. The quantitative estimate of drug-likeness (QED) is 0.564. The van der Waals surface area contributed by atoms with E-state index in [1.54, 1.807) is 0 Å². The van der Waals surface area contributed by atoms with Gasteiger partial charge in [-0.3, -0.25) is 4.57 Å². The highest BCUT2D eigenvalue weighted by molar-refractivity contribution is 7.43. The summed E-state index contributed by atoms with van der Waals surface area (Å²) in [7, 11) is -5.22. The lowest BCUT2D eigenvalue weighted by Crippen LogP contribution is -2.31. The zero-order valence-corrected chi connectivity index (χ0v) is 11.0. The molecule has 2 rings (SSSR count). The molecule has 0 aromatic carbocycles. The molecule has 1 fully saturated rings. The lowest BCUT2D eigenvalue weighted by Gasteiger charge is -2.32. The lowest BCUT2D eigenvalue weighted by molar-refractivity contribution is -0.345. The second-order valence-electron chi connectivity index (χ2n) is 4.18. The Morgan fingerprint density at radius 1 is 1.65 bits per heavy atom. The van der Waals surface area contributed by atoms with Crippen LogP contribution in [0.15, 0.2) is 17.1 Å². The highest BCUT2D eigenvalue weighted by atomic mass is 31.2. The molecule has 1 aromatic rings. The molecule has 3 N–H and O–H groups in total. The number of aliphatic hydroxyl groups is 1. The van der Waals surface area contributed by atoms with Gasteiger partial charge in [-0.15, -0.1) is 0 Å². The molecule has 0 unspecified atom stereocenters. The maximum absolute atomic E-state index is 11.6. The summed E-state index contributed by atoms with van der Waals surface area (Å²) in [6, 6.07) is 1.36. The molecule has 1 aliphatic rings. The van der Waals surface area contributed by atoms with E-state index < -0.39 is 38.6 Å². The number of phosphoric ester groups is 1. The van der Waals surface area contributed by atoms with Gasteiger partial charge in [0.05, 0.1) is 20.5 Å². The van der Waals surface area contributed by atoms with E-state index in [1.807, 2.05) is 0 Å². The summed E-state index contributed by atoms with van der Waals surface area (Å²) >= 11 is 0. The standard InChI is InChI=1S/C9H14N3O7P/c10-7-1-2-12(9(14)11-7)8-3-5(6(4-13)18-8)19-20(15,16)17/h1-2,5-6,8,13H,3-4H2,(H2,10,11,14)(H2,15,16,17)/p-2/t5-,6-,8-/m1/s1. The first-order valence-corrected chi connectivity index (χ1v) is 7.07. The summed E-state index contributed by atoms with van der Waals surface area (Å²) < 4.78 is 21.3. The van der Waals surface area contributed by atoms with Gasteiger partial charge in [0.15, 0.2) is 0 Å². The van der Waals surface area contributed by atoms with Crippen molar-refractivity contribution in [3.05, 3.63) is 22.7 Å². The molecule has 112 valence electrons. The van der Waals surface area contributed by atoms with Crippen LogP contribution in [-0.4, -0.2) is 33.5 Å². The van der Waals surface area contributed by atoms with Crippen LogP contribution in [0, 0.1) is 0 Å². The van der Waals surface area contributed by atoms with Gasteiger partial charge in [-0.05, 0) is 6.07 Å². The molecule has 2 heterocycles. The second-order valence-corrected chi connectivity index (χ2v) is 5.29. The van der Waals surface area contributed by atoms with Crippen molar-refractivity contribution in [2.45, 2.75) is 24.9 Å². The Bertz CT molecular complexity index is 585. The van der Waals surface area contributed by atoms with Crippen LogP contribution in [0.4, 0.5) is 5.82 Å². The number of aromatic nitrogens is 2. The molecule has 3 atom stereocenters. The maximum Gasteiger partial charge on any atom is 0.351 e. The third kappa shape index (κ3) is 3.42. The average Bonchev–Trinajstić information content (AvgIpc) is 2.69. The van der Waals surface area contributed by atoms with Crippen LogP contribution in [0.25, 0.3) is 0 Å². The molecule has 0 amide bonds. The fourth-order valence-electron chi connectivity index (χ4n) is 1.96. The number of anilines is 1. The molecule has 10 nitrogen and oxygen atoms in total. The van der Waals surface area contributed by atoms with E-state index in [4.69, 9.17) is 15.6 Å². The topological polar surface area (TPSA) is 163 Å². The average molecular weight is 305 g/mol. The Labute approximate surface area is 113 Å². The highest BCUT2D eigenvalue weighted by Gasteiger charge is 2.37. The van der Waals surface area contributed by atoms with Gasteiger partial charge in [-0.1, -0.05) is 0 Å². The van der Waals surface area contributed by atoms with Gasteiger partial charge in [-0.25, -0.2) is 4.79 Å². The van der Waals surface area contributed by atoms with Gasteiger partial charge < -0.3 is 34.5 Å². The Morgan fingerprint density at radius 3 is 2.90 bits per heavy atom. The Kier molecular flexibility index (Phi) is 4.23. The van der Waals surface area contributed by atoms with Crippen molar-refractivity contribution < 1.29 is 28.7 Å². The molecule has 1 aromatic heterocycles. The predicted octanol–water partition coefficient (Wildman–Crippen LogP) is -2.68. The summed E-state index contributed by atoms with van der Waals surface area (Å²) in [4.78, 5) is 36.4. The van der Waals surface area contributed by atoms with Crippen molar-refractivity contribution >= 4 is 13.6 Å². The van der Waals surface area contributed by atoms with E-state index >= 15 is 0 Å². The molecule has 0 aliphatic carbocycles. The van der Waals surface area contributed by atoms with Gasteiger partial charge in [0.1, 0.15) is 18.1 Å². The molecule has 0 saturated carbocycles. The van der Waals surface area contributed by atoms with Crippen molar-refractivity contribution in [1.82, 2.24) is 9.55 Å². The summed E-state index contributed by atoms with van der Waals surface area (Å²) in [5.41, 5.74) is 4.65. The van der Waals surface area contributed by atoms with Crippen LogP contribution in [0.2, 0.25) is 0 Å². The first-order valence-electron chi connectivity index (χ1n) is 5.61. The molecule has 0 bridgehead atoms. The zero-order valence-electron chi connectivity index (χ0n) is 10.1. The first-order chi connectivity index (χ1) is 9.30. The Balaban J connectivity index is 2.20. The number of hydrogen-bond acceptors (Lipinski definition) is 9. The largest absolute Gasteiger partial charge is 0.790 e. The molecule has 20 heavy (non-hydrogen) atoms. The summed E-state index contributed by atoms with van der Waals surface area (Å²) in [5, 5.41) is 9.09. The molecule has 1 saturated heterocycles.